The SMILES string of the molecule is CC(C)N1CCNC[C@@H]1C.CC(C)O[C@@H](C)C1CC(F)CN1C. The van der Waals surface area contributed by atoms with Gasteiger partial charge in [-0.15, -0.1) is 0 Å². The Kier molecular flexibility index (Phi) is 8.98. The van der Waals surface area contributed by atoms with Crippen LogP contribution in [0.25, 0.3) is 0 Å². The van der Waals surface area contributed by atoms with E-state index in [0.717, 1.165) is 13.1 Å². The third-order valence-corrected chi connectivity index (χ3v) is 4.79. The van der Waals surface area contributed by atoms with E-state index in [-0.39, 0.29) is 18.2 Å². The molecule has 4 atom stereocenters. The van der Waals surface area contributed by atoms with Gasteiger partial charge < -0.3 is 10.1 Å². The molecule has 2 saturated heterocycles. The van der Waals surface area contributed by atoms with Crippen molar-refractivity contribution in [2.24, 2.45) is 0 Å². The Hall–Kier alpha value is -0.230. The Morgan fingerprint density at radius 1 is 1.17 bits per heavy atom. The molecule has 0 saturated carbocycles. The predicted molar refractivity (Wildman–Crippen MR) is 95.8 cm³/mol. The lowest BCUT2D eigenvalue weighted by molar-refractivity contribution is -0.0203. The van der Waals surface area contributed by atoms with Gasteiger partial charge in [0.1, 0.15) is 6.17 Å². The van der Waals surface area contributed by atoms with Crippen molar-refractivity contribution < 1.29 is 9.13 Å². The number of likely N-dealkylation sites (N-methyl/N-ethyl adjacent to an activating group) is 1. The Morgan fingerprint density at radius 3 is 2.22 bits per heavy atom. The van der Waals surface area contributed by atoms with Crippen LogP contribution in [0.2, 0.25) is 0 Å². The number of piperazine rings is 1. The van der Waals surface area contributed by atoms with E-state index in [2.05, 4.69) is 35.9 Å². The molecule has 0 spiro atoms. The average Bonchev–Trinajstić information content (AvgIpc) is 2.78. The number of nitrogens with one attached hydrogen (secondary N) is 1. The van der Waals surface area contributed by atoms with Crippen LogP contribution < -0.4 is 5.32 Å². The first kappa shape index (κ1) is 20.8. The Morgan fingerprint density at radius 2 is 1.83 bits per heavy atom. The standard InChI is InChI=1S/C10H20FNO.C8H18N2/c1-7(2)13-8(3)10-5-9(11)6-12(10)4;1-7(2)10-5-4-9-6-8(10)3/h7-10H,5-6H2,1-4H3;7-9H,4-6H2,1-3H3/t8-,9?,10?;8-/m00/s1. The van der Waals surface area contributed by atoms with Crippen molar-refractivity contribution in [3.8, 4) is 0 Å². The van der Waals surface area contributed by atoms with Crippen LogP contribution in [0.5, 0.6) is 0 Å². The van der Waals surface area contributed by atoms with E-state index in [1.54, 1.807) is 0 Å². The molecule has 0 bridgehead atoms. The summed E-state index contributed by atoms with van der Waals surface area (Å²) in [6.45, 7) is 16.9. The largest absolute Gasteiger partial charge is 0.374 e. The molecule has 2 rings (SSSR count). The van der Waals surface area contributed by atoms with E-state index in [4.69, 9.17) is 4.74 Å². The Bertz CT molecular complexity index is 327. The van der Waals surface area contributed by atoms with Crippen molar-refractivity contribution in [2.75, 3.05) is 33.2 Å². The van der Waals surface area contributed by atoms with Crippen LogP contribution in [-0.2, 0) is 4.74 Å². The molecule has 1 N–H and O–H groups in total. The predicted octanol–water partition coefficient (Wildman–Crippen LogP) is 2.53. The number of hydrogen-bond acceptors (Lipinski definition) is 4. The zero-order valence-corrected chi connectivity index (χ0v) is 16.2. The number of rotatable bonds is 4. The third kappa shape index (κ3) is 7.04. The van der Waals surface area contributed by atoms with Crippen molar-refractivity contribution in [1.29, 1.82) is 0 Å². The summed E-state index contributed by atoms with van der Waals surface area (Å²) in [5.41, 5.74) is 0. The molecule has 23 heavy (non-hydrogen) atoms. The highest BCUT2D eigenvalue weighted by Crippen LogP contribution is 2.23. The van der Waals surface area contributed by atoms with Crippen molar-refractivity contribution in [2.45, 2.75) is 84.5 Å². The van der Waals surface area contributed by atoms with E-state index in [9.17, 15) is 4.39 Å². The fourth-order valence-corrected chi connectivity index (χ4v) is 3.66. The number of ether oxygens (including phenoxy) is 1. The van der Waals surface area contributed by atoms with Gasteiger partial charge in [0.05, 0.1) is 12.2 Å². The summed E-state index contributed by atoms with van der Waals surface area (Å²) in [7, 11) is 1.96. The summed E-state index contributed by atoms with van der Waals surface area (Å²) < 4.78 is 18.7. The minimum Gasteiger partial charge on any atom is -0.374 e. The third-order valence-electron chi connectivity index (χ3n) is 4.79. The smallest absolute Gasteiger partial charge is 0.114 e. The van der Waals surface area contributed by atoms with Gasteiger partial charge in [0.25, 0.3) is 0 Å². The quantitative estimate of drug-likeness (QED) is 0.857. The van der Waals surface area contributed by atoms with Crippen LogP contribution in [0.4, 0.5) is 4.39 Å². The van der Waals surface area contributed by atoms with Crippen molar-refractivity contribution in [3.63, 3.8) is 0 Å². The molecule has 4 nitrogen and oxygen atoms in total. The van der Waals surface area contributed by atoms with Crippen LogP contribution in [0, 0.1) is 0 Å². The summed E-state index contributed by atoms with van der Waals surface area (Å²) in [6, 6.07) is 1.67. The van der Waals surface area contributed by atoms with Gasteiger partial charge in [0.2, 0.25) is 0 Å². The molecule has 2 unspecified atom stereocenters. The van der Waals surface area contributed by atoms with Gasteiger partial charge in [-0.2, -0.15) is 0 Å². The maximum absolute atomic E-state index is 13.0. The molecule has 2 fully saturated rings. The topological polar surface area (TPSA) is 27.7 Å². The monoisotopic (exact) mass is 331 g/mol. The van der Waals surface area contributed by atoms with Crippen LogP contribution in [0.1, 0.15) is 48.0 Å². The first-order valence-electron chi connectivity index (χ1n) is 9.18. The number of hydrogen-bond donors (Lipinski definition) is 1. The molecule has 0 aromatic carbocycles. The van der Waals surface area contributed by atoms with E-state index in [1.807, 2.05) is 27.8 Å². The minimum absolute atomic E-state index is 0.130. The van der Waals surface area contributed by atoms with Crippen LogP contribution in [0.3, 0.4) is 0 Å². The first-order chi connectivity index (χ1) is 10.7. The van der Waals surface area contributed by atoms with Gasteiger partial charge in [-0.25, -0.2) is 4.39 Å². The Labute approximate surface area is 142 Å². The molecule has 2 heterocycles. The second-order valence-corrected chi connectivity index (χ2v) is 7.61. The fraction of sp³-hybridized carbons (Fsp3) is 1.00. The molecule has 0 aromatic rings. The maximum Gasteiger partial charge on any atom is 0.114 e. The lowest BCUT2D eigenvalue weighted by Gasteiger charge is -2.36. The van der Waals surface area contributed by atoms with Gasteiger partial charge in [-0.05, 0) is 55.0 Å². The molecule has 0 amide bonds. The van der Waals surface area contributed by atoms with Crippen molar-refractivity contribution in [1.82, 2.24) is 15.1 Å². The Balaban J connectivity index is 0.000000238. The highest BCUT2D eigenvalue weighted by Gasteiger charge is 2.33. The summed E-state index contributed by atoms with van der Waals surface area (Å²) in [5, 5.41) is 3.38. The van der Waals surface area contributed by atoms with E-state index in [1.165, 1.54) is 6.54 Å². The molecule has 2 aliphatic rings. The first-order valence-corrected chi connectivity index (χ1v) is 9.18. The lowest BCUT2D eigenvalue weighted by atomic mass is 10.1. The molecule has 0 aliphatic carbocycles. The van der Waals surface area contributed by atoms with E-state index < -0.39 is 6.17 Å². The summed E-state index contributed by atoms with van der Waals surface area (Å²) in [6.07, 6.45) is 0.297. The zero-order valence-electron chi connectivity index (χ0n) is 16.2. The van der Waals surface area contributed by atoms with Gasteiger partial charge in [-0.1, -0.05) is 0 Å². The minimum atomic E-state index is -0.673. The molecule has 0 aromatic heterocycles. The van der Waals surface area contributed by atoms with Crippen molar-refractivity contribution >= 4 is 0 Å². The summed E-state index contributed by atoms with van der Waals surface area (Å²) >= 11 is 0. The van der Waals surface area contributed by atoms with Gasteiger partial charge in [0.15, 0.2) is 0 Å². The second kappa shape index (κ2) is 9.92. The van der Waals surface area contributed by atoms with E-state index >= 15 is 0 Å². The second-order valence-electron chi connectivity index (χ2n) is 7.61. The number of likely N-dealkylation sites (tertiary alicyclic amines) is 1. The molecule has 0 radical (unpaired) electrons. The summed E-state index contributed by atoms with van der Waals surface area (Å²) in [5.74, 6) is 0. The van der Waals surface area contributed by atoms with Crippen LogP contribution >= 0.6 is 0 Å². The fourth-order valence-electron chi connectivity index (χ4n) is 3.66. The van der Waals surface area contributed by atoms with Gasteiger partial charge in [-0.3, -0.25) is 9.80 Å². The zero-order chi connectivity index (χ0) is 17.6. The average molecular weight is 332 g/mol. The van der Waals surface area contributed by atoms with Crippen LogP contribution in [0.15, 0.2) is 0 Å². The molecular weight excluding hydrogens is 293 g/mol. The normalized spacial score (nSPS) is 31.3. The van der Waals surface area contributed by atoms with Gasteiger partial charge >= 0.3 is 0 Å². The summed E-state index contributed by atoms with van der Waals surface area (Å²) in [4.78, 5) is 4.59. The molecule has 2 aliphatic heterocycles. The maximum atomic E-state index is 13.0. The number of nitrogens with zero attached hydrogens (tertiary/aromatic N) is 2. The molecule has 5 heteroatoms. The lowest BCUT2D eigenvalue weighted by Crippen LogP contribution is -2.52. The number of alkyl halides is 1. The molecule has 138 valence electrons. The highest BCUT2D eigenvalue weighted by atomic mass is 19.1. The number of halogens is 1. The highest BCUT2D eigenvalue weighted by molar-refractivity contribution is 4.87. The van der Waals surface area contributed by atoms with E-state index in [0.29, 0.717) is 25.0 Å². The molecular formula is C18H38FN3O. The van der Waals surface area contributed by atoms with Crippen LogP contribution in [-0.4, -0.2) is 79.5 Å². The van der Waals surface area contributed by atoms with Gasteiger partial charge in [0, 0.05) is 44.3 Å². The van der Waals surface area contributed by atoms with Crippen molar-refractivity contribution in [3.05, 3.63) is 0 Å².